The molecule has 0 saturated heterocycles. The van der Waals surface area contributed by atoms with Crippen LogP contribution in [0.25, 0.3) is 0 Å². The van der Waals surface area contributed by atoms with E-state index in [1.165, 1.54) is 19.3 Å². The SMILES string of the molecule is Cc1cc(C(=O)NCC2CCCC2Br)on1. The number of nitrogens with zero attached hydrogens (tertiary/aromatic N) is 1. The number of alkyl halides is 1. The molecule has 0 bridgehead atoms. The second-order valence-electron chi connectivity index (χ2n) is 4.25. The van der Waals surface area contributed by atoms with Gasteiger partial charge in [-0.2, -0.15) is 0 Å². The average molecular weight is 287 g/mol. The molecule has 0 spiro atoms. The summed E-state index contributed by atoms with van der Waals surface area (Å²) in [6.45, 7) is 2.50. The van der Waals surface area contributed by atoms with Gasteiger partial charge in [0.15, 0.2) is 0 Å². The predicted molar refractivity (Wildman–Crippen MR) is 63.6 cm³/mol. The van der Waals surface area contributed by atoms with Crippen LogP contribution in [0.2, 0.25) is 0 Å². The van der Waals surface area contributed by atoms with Gasteiger partial charge in [-0.05, 0) is 25.7 Å². The monoisotopic (exact) mass is 286 g/mol. The van der Waals surface area contributed by atoms with E-state index in [0.717, 1.165) is 5.69 Å². The molecule has 1 saturated carbocycles. The van der Waals surface area contributed by atoms with Crippen LogP contribution in [0.4, 0.5) is 0 Å². The molecule has 16 heavy (non-hydrogen) atoms. The summed E-state index contributed by atoms with van der Waals surface area (Å²) in [6.07, 6.45) is 3.60. The number of aryl methyl sites for hydroxylation is 1. The highest BCUT2D eigenvalue weighted by atomic mass is 79.9. The molecule has 4 nitrogen and oxygen atoms in total. The minimum atomic E-state index is -0.174. The molecule has 0 aromatic carbocycles. The van der Waals surface area contributed by atoms with Crippen LogP contribution in [0, 0.1) is 12.8 Å². The van der Waals surface area contributed by atoms with Crippen molar-refractivity contribution in [2.45, 2.75) is 31.0 Å². The topological polar surface area (TPSA) is 55.1 Å². The molecule has 1 aliphatic rings. The van der Waals surface area contributed by atoms with Crippen molar-refractivity contribution >= 4 is 21.8 Å². The Labute approximate surface area is 103 Å². The number of hydrogen-bond donors (Lipinski definition) is 1. The number of nitrogens with one attached hydrogen (secondary N) is 1. The minimum Gasteiger partial charge on any atom is -0.351 e. The lowest BCUT2D eigenvalue weighted by Gasteiger charge is -2.13. The lowest BCUT2D eigenvalue weighted by atomic mass is 10.1. The lowest BCUT2D eigenvalue weighted by Crippen LogP contribution is -2.30. The van der Waals surface area contributed by atoms with Crippen molar-refractivity contribution in [3.05, 3.63) is 17.5 Å². The van der Waals surface area contributed by atoms with Gasteiger partial charge in [0.05, 0.1) is 5.69 Å². The van der Waals surface area contributed by atoms with Crippen molar-refractivity contribution in [1.29, 1.82) is 0 Å². The van der Waals surface area contributed by atoms with Crippen LogP contribution in [0.15, 0.2) is 10.6 Å². The zero-order valence-electron chi connectivity index (χ0n) is 9.20. The molecule has 1 aromatic rings. The maximum atomic E-state index is 11.7. The molecule has 1 aromatic heterocycles. The van der Waals surface area contributed by atoms with E-state index in [-0.39, 0.29) is 5.91 Å². The number of amides is 1. The average Bonchev–Trinajstić information content (AvgIpc) is 2.84. The zero-order chi connectivity index (χ0) is 11.5. The van der Waals surface area contributed by atoms with Crippen molar-refractivity contribution < 1.29 is 9.32 Å². The smallest absolute Gasteiger partial charge is 0.289 e. The second-order valence-corrected chi connectivity index (χ2v) is 5.43. The van der Waals surface area contributed by atoms with Crippen molar-refractivity contribution in [2.24, 2.45) is 5.92 Å². The second kappa shape index (κ2) is 4.99. The van der Waals surface area contributed by atoms with Crippen LogP contribution >= 0.6 is 15.9 Å². The third kappa shape index (κ3) is 2.64. The summed E-state index contributed by atoms with van der Waals surface area (Å²) < 4.78 is 4.89. The van der Waals surface area contributed by atoms with Gasteiger partial charge in [0.25, 0.3) is 5.91 Å². The molecule has 1 N–H and O–H groups in total. The quantitative estimate of drug-likeness (QED) is 0.868. The first-order chi connectivity index (χ1) is 7.66. The van der Waals surface area contributed by atoms with Gasteiger partial charge in [-0.15, -0.1) is 0 Å². The van der Waals surface area contributed by atoms with E-state index in [2.05, 4.69) is 26.4 Å². The summed E-state index contributed by atoms with van der Waals surface area (Å²) in [5.74, 6) is 0.654. The Hall–Kier alpha value is -0.840. The first-order valence-corrected chi connectivity index (χ1v) is 6.44. The Morgan fingerprint density at radius 1 is 1.69 bits per heavy atom. The van der Waals surface area contributed by atoms with Crippen LogP contribution in [0.3, 0.4) is 0 Å². The Morgan fingerprint density at radius 3 is 3.06 bits per heavy atom. The summed E-state index contributed by atoms with van der Waals surface area (Å²) in [5, 5.41) is 6.57. The van der Waals surface area contributed by atoms with Crippen molar-refractivity contribution in [3.63, 3.8) is 0 Å². The highest BCUT2D eigenvalue weighted by Gasteiger charge is 2.25. The van der Waals surface area contributed by atoms with E-state index in [4.69, 9.17) is 4.52 Å². The van der Waals surface area contributed by atoms with Crippen molar-refractivity contribution in [2.75, 3.05) is 6.54 Å². The molecule has 1 amide bonds. The Morgan fingerprint density at radius 2 is 2.50 bits per heavy atom. The van der Waals surface area contributed by atoms with E-state index < -0.39 is 0 Å². The summed E-state index contributed by atoms with van der Waals surface area (Å²) in [7, 11) is 0. The van der Waals surface area contributed by atoms with E-state index >= 15 is 0 Å². The molecule has 2 atom stereocenters. The van der Waals surface area contributed by atoms with E-state index in [1.807, 2.05) is 0 Å². The van der Waals surface area contributed by atoms with Gasteiger partial charge in [0, 0.05) is 17.4 Å². The minimum absolute atomic E-state index is 0.174. The van der Waals surface area contributed by atoms with Gasteiger partial charge in [-0.3, -0.25) is 4.79 Å². The fraction of sp³-hybridized carbons (Fsp3) is 0.636. The first kappa shape index (κ1) is 11.6. The number of hydrogen-bond acceptors (Lipinski definition) is 3. The van der Waals surface area contributed by atoms with Crippen LogP contribution in [-0.2, 0) is 0 Å². The summed E-state index contributed by atoms with van der Waals surface area (Å²) in [5.41, 5.74) is 0.726. The van der Waals surface area contributed by atoms with Gasteiger partial charge in [-0.25, -0.2) is 0 Å². The molecule has 0 radical (unpaired) electrons. The van der Waals surface area contributed by atoms with Crippen LogP contribution in [0.1, 0.15) is 35.5 Å². The predicted octanol–water partition coefficient (Wildman–Crippen LogP) is 2.28. The fourth-order valence-electron chi connectivity index (χ4n) is 2.00. The van der Waals surface area contributed by atoms with Crippen LogP contribution in [-0.4, -0.2) is 22.4 Å². The largest absolute Gasteiger partial charge is 0.351 e. The molecular formula is C11H15BrN2O2. The molecule has 1 heterocycles. The van der Waals surface area contributed by atoms with Gasteiger partial charge in [0.1, 0.15) is 0 Å². The highest BCUT2D eigenvalue weighted by Crippen LogP contribution is 2.30. The summed E-state index contributed by atoms with van der Waals surface area (Å²) in [4.78, 5) is 12.2. The van der Waals surface area contributed by atoms with E-state index in [9.17, 15) is 4.79 Å². The fourth-order valence-corrected chi connectivity index (χ4v) is 2.78. The standard InChI is InChI=1S/C11H15BrN2O2/c1-7-5-10(16-14-7)11(15)13-6-8-3-2-4-9(8)12/h5,8-9H,2-4,6H2,1H3,(H,13,15). The molecule has 2 rings (SSSR count). The third-order valence-electron chi connectivity index (χ3n) is 2.94. The van der Waals surface area contributed by atoms with Crippen LogP contribution in [0.5, 0.6) is 0 Å². The Balaban J connectivity index is 1.84. The van der Waals surface area contributed by atoms with Gasteiger partial charge in [-0.1, -0.05) is 27.5 Å². The zero-order valence-corrected chi connectivity index (χ0v) is 10.8. The number of carbonyl (C=O) groups is 1. The molecule has 5 heteroatoms. The van der Waals surface area contributed by atoms with Crippen LogP contribution < -0.4 is 5.32 Å². The molecule has 2 unspecified atom stereocenters. The Bertz CT molecular complexity index is 378. The number of carbonyl (C=O) groups excluding carboxylic acids is 1. The van der Waals surface area contributed by atoms with Gasteiger partial charge in [0.2, 0.25) is 5.76 Å². The van der Waals surface area contributed by atoms with E-state index in [1.54, 1.807) is 13.0 Å². The molecule has 0 aliphatic heterocycles. The molecular weight excluding hydrogens is 272 g/mol. The number of rotatable bonds is 3. The molecule has 1 aliphatic carbocycles. The summed E-state index contributed by atoms with van der Waals surface area (Å²) in [6, 6.07) is 1.65. The van der Waals surface area contributed by atoms with Crippen molar-refractivity contribution in [1.82, 2.24) is 10.5 Å². The first-order valence-electron chi connectivity index (χ1n) is 5.52. The maximum absolute atomic E-state index is 11.7. The highest BCUT2D eigenvalue weighted by molar-refractivity contribution is 9.09. The molecule has 1 fully saturated rings. The third-order valence-corrected chi connectivity index (χ3v) is 4.15. The number of halogens is 1. The summed E-state index contributed by atoms with van der Waals surface area (Å²) >= 11 is 3.63. The van der Waals surface area contributed by atoms with E-state index in [0.29, 0.717) is 23.1 Å². The van der Waals surface area contributed by atoms with Gasteiger partial charge < -0.3 is 9.84 Å². The maximum Gasteiger partial charge on any atom is 0.289 e. The number of aromatic nitrogens is 1. The molecule has 88 valence electrons. The van der Waals surface area contributed by atoms with Gasteiger partial charge >= 0.3 is 0 Å². The van der Waals surface area contributed by atoms with Crippen molar-refractivity contribution in [3.8, 4) is 0 Å². The Kier molecular flexibility index (Phi) is 3.63. The normalized spacial score (nSPS) is 24.6. The lowest BCUT2D eigenvalue weighted by molar-refractivity contribution is 0.0911.